The number of rotatable bonds is 5. The molecule has 0 atom stereocenters. The van der Waals surface area contributed by atoms with E-state index in [9.17, 15) is 19.2 Å². The first-order valence-corrected chi connectivity index (χ1v) is 8.83. The second-order valence-corrected chi connectivity index (χ2v) is 6.14. The van der Waals surface area contributed by atoms with Gasteiger partial charge in [-0.25, -0.2) is 9.59 Å². The number of nitrogens with one attached hydrogen (secondary N) is 1. The number of aromatic amines is 1. The molecule has 1 aromatic carbocycles. The maximum atomic E-state index is 12.6. The standard InChI is InChI=1S/C20H19NO7/c1-4-6-10-17-11(14(22)8-13(21-17)19(24)26-3)7-12-15(23)9-16(28-18(10)12)20(25)27-5-2/h7-9H,4-6H2,1-3H3,(H,21,22). The third kappa shape index (κ3) is 3.28. The summed E-state index contributed by atoms with van der Waals surface area (Å²) in [5, 5.41) is 0.431. The smallest absolute Gasteiger partial charge is 0.374 e. The minimum Gasteiger partial charge on any atom is -0.464 e. The summed E-state index contributed by atoms with van der Waals surface area (Å²) in [4.78, 5) is 52.0. The van der Waals surface area contributed by atoms with Crippen molar-refractivity contribution in [1.29, 1.82) is 0 Å². The van der Waals surface area contributed by atoms with E-state index >= 15 is 0 Å². The van der Waals surface area contributed by atoms with Crippen LogP contribution in [0.25, 0.3) is 21.9 Å². The second kappa shape index (κ2) is 7.67. The van der Waals surface area contributed by atoms with E-state index in [2.05, 4.69) is 9.72 Å². The number of hydrogen-bond acceptors (Lipinski definition) is 7. The van der Waals surface area contributed by atoms with E-state index in [1.54, 1.807) is 6.92 Å². The van der Waals surface area contributed by atoms with Crippen LogP contribution in [0, 0.1) is 0 Å². The number of carbonyl (C=O) groups is 2. The third-order valence-electron chi connectivity index (χ3n) is 4.30. The van der Waals surface area contributed by atoms with Crippen molar-refractivity contribution >= 4 is 33.8 Å². The van der Waals surface area contributed by atoms with Crippen LogP contribution in [0.15, 0.2) is 32.2 Å². The minimum atomic E-state index is -0.749. The van der Waals surface area contributed by atoms with Gasteiger partial charge in [-0.3, -0.25) is 9.59 Å². The zero-order chi connectivity index (χ0) is 20.4. The lowest BCUT2D eigenvalue weighted by Crippen LogP contribution is -2.15. The quantitative estimate of drug-likeness (QED) is 0.530. The number of aromatic nitrogens is 1. The lowest BCUT2D eigenvalue weighted by Gasteiger charge is -2.11. The number of ether oxygens (including phenoxy) is 2. The van der Waals surface area contributed by atoms with Gasteiger partial charge in [0.15, 0.2) is 10.9 Å². The molecule has 0 aliphatic carbocycles. The van der Waals surface area contributed by atoms with Crippen molar-refractivity contribution in [1.82, 2.24) is 4.98 Å². The number of fused-ring (bicyclic) bond motifs is 2. The van der Waals surface area contributed by atoms with Crippen LogP contribution in [-0.4, -0.2) is 30.6 Å². The summed E-state index contributed by atoms with van der Waals surface area (Å²) in [6.45, 7) is 3.70. The fourth-order valence-electron chi connectivity index (χ4n) is 3.08. The highest BCUT2D eigenvalue weighted by molar-refractivity contribution is 6.00. The number of carbonyl (C=O) groups excluding carboxylic acids is 2. The van der Waals surface area contributed by atoms with Crippen molar-refractivity contribution in [2.45, 2.75) is 26.7 Å². The molecule has 3 rings (SSSR count). The predicted molar refractivity (Wildman–Crippen MR) is 102 cm³/mol. The minimum absolute atomic E-state index is 0.0133. The molecule has 28 heavy (non-hydrogen) atoms. The van der Waals surface area contributed by atoms with Gasteiger partial charge in [0.05, 0.1) is 24.6 Å². The lowest BCUT2D eigenvalue weighted by atomic mass is 10.0. The van der Waals surface area contributed by atoms with Crippen LogP contribution in [-0.2, 0) is 15.9 Å². The summed E-state index contributed by atoms with van der Waals surface area (Å²) in [6, 6.07) is 3.59. The molecule has 0 fully saturated rings. The maximum absolute atomic E-state index is 12.6. The van der Waals surface area contributed by atoms with Crippen LogP contribution in [0.3, 0.4) is 0 Å². The molecule has 0 radical (unpaired) electrons. The first kappa shape index (κ1) is 19.3. The summed E-state index contributed by atoms with van der Waals surface area (Å²) < 4.78 is 15.3. The number of H-pyrrole nitrogens is 1. The topological polar surface area (TPSA) is 116 Å². The Morgan fingerprint density at radius 3 is 2.39 bits per heavy atom. The van der Waals surface area contributed by atoms with Gasteiger partial charge >= 0.3 is 11.9 Å². The number of pyridine rings is 1. The molecule has 1 N–H and O–H groups in total. The molecule has 0 spiro atoms. The Morgan fingerprint density at radius 1 is 1.04 bits per heavy atom. The fraction of sp³-hybridized carbons (Fsp3) is 0.300. The van der Waals surface area contributed by atoms with Gasteiger partial charge in [0, 0.05) is 23.1 Å². The fourth-order valence-corrected chi connectivity index (χ4v) is 3.08. The van der Waals surface area contributed by atoms with Crippen molar-refractivity contribution in [3.63, 3.8) is 0 Å². The Hall–Kier alpha value is -3.42. The molecule has 8 nitrogen and oxygen atoms in total. The Bertz CT molecular complexity index is 1200. The van der Waals surface area contributed by atoms with Crippen LogP contribution >= 0.6 is 0 Å². The highest BCUT2D eigenvalue weighted by Crippen LogP contribution is 2.26. The number of esters is 2. The van der Waals surface area contributed by atoms with Crippen LogP contribution in [0.5, 0.6) is 0 Å². The van der Waals surface area contributed by atoms with Crippen LogP contribution in [0.1, 0.15) is 46.9 Å². The average Bonchev–Trinajstić information content (AvgIpc) is 2.68. The molecule has 0 aliphatic heterocycles. The predicted octanol–water partition coefficient (Wildman–Crippen LogP) is 2.55. The van der Waals surface area contributed by atoms with Crippen molar-refractivity contribution in [2.24, 2.45) is 0 Å². The highest BCUT2D eigenvalue weighted by Gasteiger charge is 2.20. The molecule has 8 heteroatoms. The molecule has 0 amide bonds. The number of methoxy groups -OCH3 is 1. The lowest BCUT2D eigenvalue weighted by molar-refractivity contribution is 0.0490. The molecule has 0 bridgehead atoms. The van der Waals surface area contributed by atoms with Crippen molar-refractivity contribution in [2.75, 3.05) is 13.7 Å². The maximum Gasteiger partial charge on any atom is 0.374 e. The van der Waals surface area contributed by atoms with Gasteiger partial charge in [0.2, 0.25) is 5.76 Å². The molecule has 2 aromatic heterocycles. The zero-order valence-corrected chi connectivity index (χ0v) is 15.7. The van der Waals surface area contributed by atoms with Gasteiger partial charge in [-0.1, -0.05) is 13.3 Å². The molecule has 0 aliphatic rings. The number of hydrogen-bond donors (Lipinski definition) is 1. The molecule has 3 aromatic rings. The number of aryl methyl sites for hydroxylation is 1. The van der Waals surface area contributed by atoms with Gasteiger partial charge < -0.3 is 18.9 Å². The molecule has 0 unspecified atom stereocenters. The van der Waals surface area contributed by atoms with Gasteiger partial charge in [-0.05, 0) is 19.4 Å². The van der Waals surface area contributed by atoms with Crippen LogP contribution < -0.4 is 10.9 Å². The average molecular weight is 385 g/mol. The summed E-state index contributed by atoms with van der Waals surface area (Å²) in [5.41, 5.74) is 0.179. The summed E-state index contributed by atoms with van der Waals surface area (Å²) in [7, 11) is 1.21. The van der Waals surface area contributed by atoms with Crippen molar-refractivity contribution in [3.05, 3.63) is 55.7 Å². The first-order valence-electron chi connectivity index (χ1n) is 8.83. The Morgan fingerprint density at radius 2 is 1.75 bits per heavy atom. The summed E-state index contributed by atoms with van der Waals surface area (Å²) in [5.74, 6) is -1.66. The monoisotopic (exact) mass is 385 g/mol. The van der Waals surface area contributed by atoms with Crippen molar-refractivity contribution < 1.29 is 23.5 Å². The van der Waals surface area contributed by atoms with Gasteiger partial charge in [-0.2, -0.15) is 0 Å². The SMILES string of the molecule is CCCc1c2[nH]c(C(=O)OC)cc(=O)c2cc2c(=O)cc(C(=O)OCC)oc12. The normalized spacial score (nSPS) is 11.0. The second-order valence-electron chi connectivity index (χ2n) is 6.14. The van der Waals surface area contributed by atoms with E-state index in [0.29, 0.717) is 23.9 Å². The highest BCUT2D eigenvalue weighted by atomic mass is 16.5. The molecule has 2 heterocycles. The van der Waals surface area contributed by atoms with Crippen LogP contribution in [0.2, 0.25) is 0 Å². The van der Waals surface area contributed by atoms with Crippen LogP contribution in [0.4, 0.5) is 0 Å². The van der Waals surface area contributed by atoms with Gasteiger partial charge in [0.1, 0.15) is 11.3 Å². The first-order chi connectivity index (χ1) is 13.4. The molecule has 0 saturated heterocycles. The largest absolute Gasteiger partial charge is 0.464 e. The Labute approximate surface area is 159 Å². The number of benzene rings is 1. The zero-order valence-electron chi connectivity index (χ0n) is 15.7. The summed E-state index contributed by atoms with van der Waals surface area (Å²) >= 11 is 0. The van der Waals surface area contributed by atoms with E-state index < -0.39 is 22.8 Å². The van der Waals surface area contributed by atoms with E-state index in [-0.39, 0.29) is 34.4 Å². The molecular formula is C20H19NO7. The Balaban J connectivity index is 2.44. The van der Waals surface area contributed by atoms with Gasteiger partial charge in [0.25, 0.3) is 0 Å². The van der Waals surface area contributed by atoms with E-state index in [1.165, 1.54) is 13.2 Å². The van der Waals surface area contributed by atoms with E-state index in [4.69, 9.17) is 9.15 Å². The molecule has 0 saturated carbocycles. The Kier molecular flexibility index (Phi) is 5.30. The summed E-state index contributed by atoms with van der Waals surface area (Å²) in [6.07, 6.45) is 1.12. The van der Waals surface area contributed by atoms with E-state index in [1.807, 2.05) is 6.92 Å². The molecule has 146 valence electrons. The van der Waals surface area contributed by atoms with E-state index in [0.717, 1.165) is 12.1 Å². The molecular weight excluding hydrogens is 366 g/mol. The third-order valence-corrected chi connectivity index (χ3v) is 4.30. The van der Waals surface area contributed by atoms with Crippen molar-refractivity contribution in [3.8, 4) is 0 Å². The van der Waals surface area contributed by atoms with Gasteiger partial charge in [-0.15, -0.1) is 0 Å².